The minimum Gasteiger partial charge on any atom is -0.480 e. The Labute approximate surface area is 123 Å². The minimum atomic E-state index is -1.38. The molecule has 0 aromatic rings. The van der Waals surface area contributed by atoms with Gasteiger partial charge in [0.05, 0.1) is 0 Å². The minimum absolute atomic E-state index is 0.00637. The van der Waals surface area contributed by atoms with Gasteiger partial charge < -0.3 is 31.5 Å². The van der Waals surface area contributed by atoms with E-state index in [1.807, 2.05) is 0 Å². The summed E-state index contributed by atoms with van der Waals surface area (Å²) in [5.74, 6) is -1.01. The number of aliphatic carboxylic acids is 1. The van der Waals surface area contributed by atoms with E-state index in [0.29, 0.717) is 32.4 Å². The molecule has 1 unspecified atom stereocenters. The van der Waals surface area contributed by atoms with Crippen molar-refractivity contribution in [3.8, 4) is 0 Å². The van der Waals surface area contributed by atoms with Crippen molar-refractivity contribution in [1.82, 2.24) is 4.90 Å². The molecule has 8 nitrogen and oxygen atoms in total. The molecule has 9 heteroatoms. The fraction of sp³-hybridized carbons (Fsp3) is 0.833. The maximum atomic E-state index is 11.6. The highest BCUT2D eigenvalue weighted by molar-refractivity contribution is 6.40. The second kappa shape index (κ2) is 5.82. The van der Waals surface area contributed by atoms with Crippen molar-refractivity contribution in [1.29, 1.82) is 5.41 Å². The highest BCUT2D eigenvalue weighted by Crippen LogP contribution is 2.49. The Morgan fingerprint density at radius 2 is 2.10 bits per heavy atom. The Hall–Kier alpha value is -1.32. The van der Waals surface area contributed by atoms with Crippen LogP contribution in [0.25, 0.3) is 0 Å². The lowest BCUT2D eigenvalue weighted by molar-refractivity contribution is -0.145. The van der Waals surface area contributed by atoms with Crippen molar-refractivity contribution < 1.29 is 19.9 Å². The third-order valence-corrected chi connectivity index (χ3v) is 4.99. The van der Waals surface area contributed by atoms with Crippen LogP contribution < -0.4 is 11.5 Å². The van der Waals surface area contributed by atoms with Crippen LogP contribution in [0.5, 0.6) is 0 Å². The summed E-state index contributed by atoms with van der Waals surface area (Å²) in [5.41, 5.74) is 10.4. The number of fused-ring (bicyclic) bond motifs is 1. The Balaban J connectivity index is 2.10. The molecule has 118 valence electrons. The number of likely N-dealkylation sites (tertiary alicyclic amines) is 1. The number of hydrogen-bond donors (Lipinski definition) is 6. The van der Waals surface area contributed by atoms with Crippen LogP contribution in [0.3, 0.4) is 0 Å². The van der Waals surface area contributed by atoms with E-state index in [2.05, 4.69) is 0 Å². The van der Waals surface area contributed by atoms with Gasteiger partial charge in [0.15, 0.2) is 5.96 Å². The number of rotatable bonds is 5. The van der Waals surface area contributed by atoms with Gasteiger partial charge in [0.2, 0.25) is 0 Å². The van der Waals surface area contributed by atoms with Crippen molar-refractivity contribution in [2.45, 2.75) is 31.1 Å². The van der Waals surface area contributed by atoms with Crippen molar-refractivity contribution in [3.63, 3.8) is 0 Å². The summed E-state index contributed by atoms with van der Waals surface area (Å²) >= 11 is 0. The summed E-state index contributed by atoms with van der Waals surface area (Å²) in [6.07, 6.45) is 1.63. The molecule has 0 spiro atoms. The maximum Gasteiger partial charge on any atom is 0.451 e. The fourth-order valence-corrected chi connectivity index (χ4v) is 3.97. The average Bonchev–Trinajstić information content (AvgIpc) is 2.87. The summed E-state index contributed by atoms with van der Waals surface area (Å²) in [6.45, 7) is 1.13. The van der Waals surface area contributed by atoms with Gasteiger partial charge in [-0.1, -0.05) is 6.42 Å². The van der Waals surface area contributed by atoms with Gasteiger partial charge in [-0.2, -0.15) is 0 Å². The number of nitrogens with two attached hydrogens (primary N) is 2. The number of nitrogens with one attached hydrogen (secondary N) is 1. The van der Waals surface area contributed by atoms with Gasteiger partial charge in [0, 0.05) is 13.1 Å². The van der Waals surface area contributed by atoms with E-state index >= 15 is 0 Å². The lowest BCUT2D eigenvalue weighted by atomic mass is 9.76. The topological polar surface area (TPSA) is 157 Å². The first-order valence-corrected chi connectivity index (χ1v) is 7.23. The summed E-state index contributed by atoms with van der Waals surface area (Å²) in [4.78, 5) is 13.3. The van der Waals surface area contributed by atoms with Crippen LogP contribution in [0.2, 0.25) is 6.32 Å². The number of nitrogens with zero attached hydrogens (tertiary/aromatic N) is 1. The standard InChI is InChI=1S/C12H23BN4O4/c14-11(15)17-5-7-4-12(16,10(18)19)9(8(7)6-17)2-1-3-13(20)21/h7-9,20-21H,1-6,16H2,(H3,14,15)(H,18,19)/t7-,8+,9-,12?/m0/s1. The van der Waals surface area contributed by atoms with Gasteiger partial charge in [0.1, 0.15) is 5.54 Å². The van der Waals surface area contributed by atoms with E-state index in [1.54, 1.807) is 4.90 Å². The smallest absolute Gasteiger partial charge is 0.451 e. The molecule has 2 fully saturated rings. The number of carboxylic acids is 1. The van der Waals surface area contributed by atoms with Crippen LogP contribution in [0, 0.1) is 23.2 Å². The van der Waals surface area contributed by atoms with Crippen molar-refractivity contribution in [2.24, 2.45) is 29.2 Å². The molecule has 4 atom stereocenters. The molecule has 0 aromatic heterocycles. The third-order valence-electron chi connectivity index (χ3n) is 4.99. The molecule has 0 bridgehead atoms. The zero-order chi connectivity index (χ0) is 15.8. The van der Waals surface area contributed by atoms with Crippen LogP contribution in [0.1, 0.15) is 19.3 Å². The fourth-order valence-electron chi connectivity index (χ4n) is 3.97. The lowest BCUT2D eigenvalue weighted by Crippen LogP contribution is -2.53. The van der Waals surface area contributed by atoms with E-state index in [-0.39, 0.29) is 30.0 Å². The van der Waals surface area contributed by atoms with E-state index in [4.69, 9.17) is 26.9 Å². The Morgan fingerprint density at radius 1 is 1.43 bits per heavy atom. The molecular formula is C12H23BN4O4. The van der Waals surface area contributed by atoms with Gasteiger partial charge in [0.25, 0.3) is 0 Å². The molecular weight excluding hydrogens is 275 g/mol. The Kier molecular flexibility index (Phi) is 4.45. The molecule has 1 saturated heterocycles. The zero-order valence-corrected chi connectivity index (χ0v) is 11.9. The number of carbonyl (C=O) groups is 1. The molecule has 0 radical (unpaired) electrons. The Bertz CT molecular complexity index is 435. The number of hydrogen-bond acceptors (Lipinski definition) is 5. The van der Waals surface area contributed by atoms with Crippen molar-refractivity contribution in [3.05, 3.63) is 0 Å². The predicted octanol–water partition coefficient (Wildman–Crippen LogP) is -1.52. The quantitative estimate of drug-likeness (QED) is 0.204. The third kappa shape index (κ3) is 2.99. The van der Waals surface area contributed by atoms with E-state index in [0.717, 1.165) is 0 Å². The second-order valence-electron chi connectivity index (χ2n) is 6.28. The van der Waals surface area contributed by atoms with Gasteiger partial charge in [-0.25, -0.2) is 0 Å². The maximum absolute atomic E-state index is 11.6. The second-order valence-corrected chi connectivity index (χ2v) is 6.28. The van der Waals surface area contributed by atoms with Gasteiger partial charge in [-0.3, -0.25) is 10.2 Å². The molecule has 1 aliphatic carbocycles. The first-order chi connectivity index (χ1) is 9.75. The zero-order valence-electron chi connectivity index (χ0n) is 11.9. The molecule has 8 N–H and O–H groups in total. The number of carboxylic acid groups (broad SMARTS) is 1. The summed E-state index contributed by atoms with van der Waals surface area (Å²) in [6, 6.07) is 0. The molecule has 2 aliphatic rings. The lowest BCUT2D eigenvalue weighted by Gasteiger charge is -2.31. The van der Waals surface area contributed by atoms with Gasteiger partial charge >= 0.3 is 13.1 Å². The Morgan fingerprint density at radius 3 is 2.62 bits per heavy atom. The van der Waals surface area contributed by atoms with Crippen molar-refractivity contribution >= 4 is 19.0 Å². The van der Waals surface area contributed by atoms with Crippen LogP contribution in [0.15, 0.2) is 0 Å². The van der Waals surface area contributed by atoms with Crippen molar-refractivity contribution in [2.75, 3.05) is 13.1 Å². The highest BCUT2D eigenvalue weighted by Gasteiger charge is 2.58. The highest BCUT2D eigenvalue weighted by atomic mass is 16.4. The molecule has 0 amide bonds. The van der Waals surface area contributed by atoms with Crippen LogP contribution in [-0.2, 0) is 4.79 Å². The van der Waals surface area contributed by atoms with Crippen LogP contribution >= 0.6 is 0 Å². The van der Waals surface area contributed by atoms with Crippen LogP contribution in [-0.4, -0.2) is 57.7 Å². The first-order valence-electron chi connectivity index (χ1n) is 7.23. The SMILES string of the molecule is N=C(N)N1C[C@@H]2CC(N)(C(=O)O)[C@@H](CCCB(O)O)[C@@H]2C1. The van der Waals surface area contributed by atoms with Gasteiger partial charge in [-0.05, 0) is 36.9 Å². The summed E-state index contributed by atoms with van der Waals surface area (Å²) in [7, 11) is -1.38. The van der Waals surface area contributed by atoms with E-state index < -0.39 is 18.6 Å². The predicted molar refractivity (Wildman–Crippen MR) is 77.4 cm³/mol. The summed E-state index contributed by atoms with van der Waals surface area (Å²) < 4.78 is 0. The normalized spacial score (nSPS) is 34.8. The summed E-state index contributed by atoms with van der Waals surface area (Å²) in [5, 5.41) is 34.8. The first kappa shape index (κ1) is 16.1. The largest absolute Gasteiger partial charge is 0.480 e. The average molecular weight is 298 g/mol. The molecule has 1 saturated carbocycles. The molecule has 0 aromatic carbocycles. The monoisotopic (exact) mass is 298 g/mol. The van der Waals surface area contributed by atoms with E-state index in [1.165, 1.54) is 0 Å². The number of guanidine groups is 1. The van der Waals surface area contributed by atoms with Crippen LogP contribution in [0.4, 0.5) is 0 Å². The van der Waals surface area contributed by atoms with E-state index in [9.17, 15) is 9.90 Å². The molecule has 2 rings (SSSR count). The van der Waals surface area contributed by atoms with Gasteiger partial charge in [-0.15, -0.1) is 0 Å². The molecule has 1 aliphatic heterocycles. The molecule has 21 heavy (non-hydrogen) atoms. The molecule has 1 heterocycles.